The zero-order chi connectivity index (χ0) is 15.8. The molecule has 0 aliphatic heterocycles. The van der Waals surface area contributed by atoms with Crippen molar-refractivity contribution in [2.45, 2.75) is 50.7 Å². The highest BCUT2D eigenvalue weighted by atomic mass is 32.1. The average Bonchev–Trinajstić information content (AvgIpc) is 3.02. The minimum Gasteiger partial charge on any atom is -0.393 e. The summed E-state index contributed by atoms with van der Waals surface area (Å²) in [5.41, 5.74) is 3.98. The third-order valence-corrected chi connectivity index (χ3v) is 6.20. The van der Waals surface area contributed by atoms with Crippen molar-refractivity contribution in [3.63, 3.8) is 0 Å². The number of amides is 1. The van der Waals surface area contributed by atoms with Gasteiger partial charge in [-0.05, 0) is 61.3 Å². The van der Waals surface area contributed by atoms with Gasteiger partial charge in [0.2, 0.25) is 0 Å². The van der Waals surface area contributed by atoms with Crippen LogP contribution < -0.4 is 5.32 Å². The Morgan fingerprint density at radius 1 is 1.09 bits per heavy atom. The molecular weight excluding hydrogens is 306 g/mol. The number of fused-ring (bicyclic) bond motifs is 3. The second-order valence-corrected chi connectivity index (χ2v) is 7.65. The Balaban J connectivity index is 1.53. The van der Waals surface area contributed by atoms with Crippen LogP contribution in [-0.2, 0) is 12.8 Å². The highest BCUT2D eigenvalue weighted by Crippen LogP contribution is 2.39. The maximum atomic E-state index is 12.6. The summed E-state index contributed by atoms with van der Waals surface area (Å²) in [6.07, 6.45) is 5.22. The summed E-state index contributed by atoms with van der Waals surface area (Å²) < 4.78 is 0. The summed E-state index contributed by atoms with van der Waals surface area (Å²) in [7, 11) is 0. The highest BCUT2D eigenvalue weighted by molar-refractivity contribution is 7.17. The normalized spacial score (nSPS) is 23.0. The zero-order valence-corrected chi connectivity index (χ0v) is 13.9. The fourth-order valence-corrected chi connectivity index (χ4v) is 4.83. The first-order valence-electron chi connectivity index (χ1n) is 8.40. The molecule has 120 valence electrons. The molecule has 23 heavy (non-hydrogen) atoms. The molecule has 1 aromatic heterocycles. The number of thiophene rings is 1. The molecule has 1 heterocycles. The molecule has 0 unspecified atom stereocenters. The summed E-state index contributed by atoms with van der Waals surface area (Å²) in [5.74, 6) is 0.0447. The van der Waals surface area contributed by atoms with E-state index in [1.54, 1.807) is 11.3 Å². The van der Waals surface area contributed by atoms with Crippen LogP contribution in [0.15, 0.2) is 30.3 Å². The molecule has 0 saturated heterocycles. The molecule has 0 radical (unpaired) electrons. The molecule has 2 aliphatic rings. The van der Waals surface area contributed by atoms with Crippen molar-refractivity contribution < 1.29 is 9.90 Å². The van der Waals surface area contributed by atoms with Crippen molar-refractivity contribution in [1.29, 1.82) is 0 Å². The zero-order valence-electron chi connectivity index (χ0n) is 13.0. The molecule has 1 amide bonds. The molecule has 0 spiro atoms. The lowest BCUT2D eigenvalue weighted by Gasteiger charge is -2.25. The van der Waals surface area contributed by atoms with Gasteiger partial charge in [-0.25, -0.2) is 0 Å². The van der Waals surface area contributed by atoms with Crippen LogP contribution >= 0.6 is 11.3 Å². The Hall–Kier alpha value is -1.65. The number of aryl methyl sites for hydroxylation is 2. The average molecular weight is 327 g/mol. The summed E-state index contributed by atoms with van der Waals surface area (Å²) in [6, 6.07) is 10.8. The van der Waals surface area contributed by atoms with Crippen LogP contribution in [0.2, 0.25) is 0 Å². The first-order valence-corrected chi connectivity index (χ1v) is 9.22. The number of hydrogen-bond acceptors (Lipinski definition) is 3. The van der Waals surface area contributed by atoms with E-state index in [4.69, 9.17) is 0 Å². The number of carbonyl (C=O) groups is 1. The lowest BCUT2D eigenvalue weighted by Crippen LogP contribution is -2.38. The topological polar surface area (TPSA) is 49.3 Å². The monoisotopic (exact) mass is 327 g/mol. The molecule has 2 N–H and O–H groups in total. The third-order valence-electron chi connectivity index (χ3n) is 4.99. The fourth-order valence-electron chi connectivity index (χ4n) is 3.66. The third kappa shape index (κ3) is 2.93. The molecule has 1 saturated carbocycles. The highest BCUT2D eigenvalue weighted by Gasteiger charge is 2.24. The lowest BCUT2D eigenvalue weighted by atomic mass is 9.91. The number of carbonyl (C=O) groups excluding carboxylic acids is 1. The number of benzene rings is 1. The smallest absolute Gasteiger partial charge is 0.261 e. The number of aliphatic hydroxyl groups excluding tert-OH is 1. The lowest BCUT2D eigenvalue weighted by molar-refractivity contribution is 0.0871. The molecule has 0 atom stereocenters. The van der Waals surface area contributed by atoms with E-state index in [-0.39, 0.29) is 18.1 Å². The van der Waals surface area contributed by atoms with Crippen molar-refractivity contribution in [2.24, 2.45) is 0 Å². The van der Waals surface area contributed by atoms with Gasteiger partial charge in [-0.3, -0.25) is 4.79 Å². The second kappa shape index (κ2) is 6.10. The largest absolute Gasteiger partial charge is 0.393 e. The van der Waals surface area contributed by atoms with Crippen molar-refractivity contribution in [3.8, 4) is 10.4 Å². The van der Waals surface area contributed by atoms with Gasteiger partial charge in [0, 0.05) is 10.9 Å². The Bertz CT molecular complexity index is 729. The Kier molecular flexibility index (Phi) is 3.95. The van der Waals surface area contributed by atoms with Crippen molar-refractivity contribution in [3.05, 3.63) is 46.3 Å². The van der Waals surface area contributed by atoms with Gasteiger partial charge >= 0.3 is 0 Å². The van der Waals surface area contributed by atoms with Gasteiger partial charge in [0.15, 0.2) is 0 Å². The molecular formula is C19H21NO2S. The van der Waals surface area contributed by atoms with Gasteiger partial charge in [-0.1, -0.05) is 24.3 Å². The maximum absolute atomic E-state index is 12.6. The van der Waals surface area contributed by atoms with Crippen LogP contribution in [0.5, 0.6) is 0 Å². The molecule has 2 aromatic rings. The van der Waals surface area contributed by atoms with E-state index >= 15 is 0 Å². The van der Waals surface area contributed by atoms with E-state index in [1.165, 1.54) is 21.6 Å². The Labute approximate surface area is 140 Å². The number of nitrogens with one attached hydrogen (secondary N) is 1. The molecule has 1 aromatic carbocycles. The van der Waals surface area contributed by atoms with E-state index in [0.29, 0.717) is 0 Å². The SMILES string of the molecule is O=C(NC1CCC(O)CC1)c1cc2c(s1)-c1ccccc1CC2. The number of aliphatic hydroxyl groups is 1. The molecule has 4 heteroatoms. The summed E-state index contributed by atoms with van der Waals surface area (Å²) in [6.45, 7) is 0. The minimum atomic E-state index is -0.186. The van der Waals surface area contributed by atoms with Crippen molar-refractivity contribution >= 4 is 17.2 Å². The maximum Gasteiger partial charge on any atom is 0.261 e. The second-order valence-electron chi connectivity index (χ2n) is 6.60. The van der Waals surface area contributed by atoms with Crippen LogP contribution in [0.1, 0.15) is 46.5 Å². The standard InChI is InChI=1S/C19H21NO2S/c21-15-9-7-14(8-10-15)20-19(22)17-11-13-6-5-12-3-1-2-4-16(12)18(13)23-17/h1-4,11,14-15,21H,5-10H2,(H,20,22). The Morgan fingerprint density at radius 3 is 2.65 bits per heavy atom. The van der Waals surface area contributed by atoms with Gasteiger partial charge in [0.25, 0.3) is 5.91 Å². The van der Waals surface area contributed by atoms with Crippen LogP contribution in [0, 0.1) is 0 Å². The van der Waals surface area contributed by atoms with Gasteiger partial charge in [-0.15, -0.1) is 11.3 Å². The number of hydrogen-bond donors (Lipinski definition) is 2. The summed E-state index contributed by atoms with van der Waals surface area (Å²) in [5, 5.41) is 12.7. The molecule has 0 bridgehead atoms. The fraction of sp³-hybridized carbons (Fsp3) is 0.421. The van der Waals surface area contributed by atoms with E-state index in [9.17, 15) is 9.90 Å². The molecule has 1 fully saturated rings. The van der Waals surface area contributed by atoms with Crippen LogP contribution in [-0.4, -0.2) is 23.2 Å². The van der Waals surface area contributed by atoms with Crippen molar-refractivity contribution in [1.82, 2.24) is 5.32 Å². The van der Waals surface area contributed by atoms with Crippen LogP contribution in [0.4, 0.5) is 0 Å². The summed E-state index contributed by atoms with van der Waals surface area (Å²) in [4.78, 5) is 14.6. The molecule has 3 nitrogen and oxygen atoms in total. The Morgan fingerprint density at radius 2 is 1.83 bits per heavy atom. The summed E-state index contributed by atoms with van der Waals surface area (Å²) >= 11 is 1.61. The van der Waals surface area contributed by atoms with Crippen molar-refractivity contribution in [2.75, 3.05) is 0 Å². The van der Waals surface area contributed by atoms with E-state index < -0.39 is 0 Å². The molecule has 2 aliphatic carbocycles. The molecule has 4 rings (SSSR count). The van der Waals surface area contributed by atoms with Gasteiger partial charge in [0.1, 0.15) is 0 Å². The van der Waals surface area contributed by atoms with E-state index in [2.05, 4.69) is 35.6 Å². The predicted molar refractivity (Wildman–Crippen MR) is 92.9 cm³/mol. The quantitative estimate of drug-likeness (QED) is 0.886. The van der Waals surface area contributed by atoms with Crippen LogP contribution in [0.25, 0.3) is 10.4 Å². The van der Waals surface area contributed by atoms with E-state index in [1.807, 2.05) is 0 Å². The predicted octanol–water partition coefficient (Wildman–Crippen LogP) is 3.55. The van der Waals surface area contributed by atoms with Gasteiger partial charge in [-0.2, -0.15) is 0 Å². The van der Waals surface area contributed by atoms with Crippen LogP contribution in [0.3, 0.4) is 0 Å². The minimum absolute atomic E-state index is 0.0447. The van der Waals surface area contributed by atoms with E-state index in [0.717, 1.165) is 43.4 Å². The number of rotatable bonds is 2. The first kappa shape index (κ1) is 14.9. The van der Waals surface area contributed by atoms with Gasteiger partial charge in [0.05, 0.1) is 11.0 Å². The van der Waals surface area contributed by atoms with Gasteiger partial charge < -0.3 is 10.4 Å². The first-order chi connectivity index (χ1) is 11.2.